The summed E-state index contributed by atoms with van der Waals surface area (Å²) in [5, 5.41) is 11.6. The summed E-state index contributed by atoms with van der Waals surface area (Å²) in [6, 6.07) is 4.74. The molecule has 0 heterocycles. The first-order valence-corrected chi connectivity index (χ1v) is 5.07. The highest BCUT2D eigenvalue weighted by atomic mass is 16.4. The third-order valence-electron chi connectivity index (χ3n) is 2.39. The van der Waals surface area contributed by atoms with Gasteiger partial charge in [0.2, 0.25) is 0 Å². The highest BCUT2D eigenvalue weighted by Crippen LogP contribution is 2.24. The van der Waals surface area contributed by atoms with E-state index in [0.717, 1.165) is 0 Å². The number of aromatic carboxylic acids is 1. The van der Waals surface area contributed by atoms with Crippen LogP contribution < -0.4 is 5.32 Å². The van der Waals surface area contributed by atoms with E-state index in [2.05, 4.69) is 5.32 Å². The van der Waals surface area contributed by atoms with E-state index in [4.69, 9.17) is 5.11 Å². The van der Waals surface area contributed by atoms with E-state index < -0.39 is 5.97 Å². The van der Waals surface area contributed by atoms with Crippen molar-refractivity contribution in [1.29, 1.82) is 0 Å². The molecule has 0 unspecified atom stereocenters. The maximum atomic E-state index is 11.6. The first kappa shape index (κ1) is 12.2. The zero-order chi connectivity index (χ0) is 12.3. The Morgan fingerprint density at radius 1 is 1.25 bits per heavy atom. The van der Waals surface area contributed by atoms with Crippen LogP contribution in [0.15, 0.2) is 18.2 Å². The van der Waals surface area contributed by atoms with Gasteiger partial charge >= 0.3 is 5.97 Å². The van der Waals surface area contributed by atoms with Gasteiger partial charge in [0.1, 0.15) is 0 Å². The summed E-state index contributed by atoms with van der Waals surface area (Å²) in [6.07, 6.45) is 0. The molecule has 1 aromatic rings. The molecule has 0 bridgehead atoms. The Hall–Kier alpha value is -1.84. The minimum absolute atomic E-state index is 0.0143. The van der Waals surface area contributed by atoms with Crippen LogP contribution in [0.1, 0.15) is 46.0 Å². The van der Waals surface area contributed by atoms with Crippen LogP contribution in [-0.4, -0.2) is 24.0 Å². The summed E-state index contributed by atoms with van der Waals surface area (Å²) in [5.41, 5.74) is 1.20. The van der Waals surface area contributed by atoms with Crippen molar-refractivity contribution >= 4 is 11.9 Å². The summed E-state index contributed by atoms with van der Waals surface area (Å²) in [7, 11) is 1.53. The summed E-state index contributed by atoms with van der Waals surface area (Å²) < 4.78 is 0. The third-order valence-corrected chi connectivity index (χ3v) is 2.39. The topological polar surface area (TPSA) is 66.4 Å². The average Bonchev–Trinajstić information content (AvgIpc) is 2.26. The molecule has 16 heavy (non-hydrogen) atoms. The molecular formula is C12H15NO3. The van der Waals surface area contributed by atoms with E-state index >= 15 is 0 Å². The standard InChI is InChI=1S/C12H15NO3/c1-7(2)10-8(11(14)13-3)5-4-6-9(10)12(15)16/h4-7H,1-3H3,(H,13,14)(H,15,16). The van der Waals surface area contributed by atoms with E-state index in [1.165, 1.54) is 13.1 Å². The van der Waals surface area contributed by atoms with Gasteiger partial charge in [-0.1, -0.05) is 19.9 Å². The predicted molar refractivity (Wildman–Crippen MR) is 60.9 cm³/mol. The highest BCUT2D eigenvalue weighted by molar-refractivity contribution is 6.00. The molecule has 0 saturated heterocycles. The first-order chi connectivity index (χ1) is 7.49. The molecule has 0 spiro atoms. The second-order valence-corrected chi connectivity index (χ2v) is 3.81. The van der Waals surface area contributed by atoms with Gasteiger partial charge in [-0.3, -0.25) is 4.79 Å². The minimum atomic E-state index is -1.01. The number of nitrogens with one attached hydrogen (secondary N) is 1. The largest absolute Gasteiger partial charge is 0.478 e. The van der Waals surface area contributed by atoms with Crippen molar-refractivity contribution in [2.24, 2.45) is 0 Å². The number of carboxylic acid groups (broad SMARTS) is 1. The molecule has 1 aromatic carbocycles. The number of amides is 1. The molecule has 1 amide bonds. The molecular weight excluding hydrogens is 206 g/mol. The molecule has 4 heteroatoms. The third kappa shape index (κ3) is 2.21. The van der Waals surface area contributed by atoms with E-state index in [-0.39, 0.29) is 17.4 Å². The van der Waals surface area contributed by atoms with Crippen LogP contribution in [-0.2, 0) is 0 Å². The number of hydrogen-bond acceptors (Lipinski definition) is 2. The van der Waals surface area contributed by atoms with Gasteiger partial charge in [0.05, 0.1) is 5.56 Å². The number of carboxylic acids is 1. The monoisotopic (exact) mass is 221 g/mol. The van der Waals surface area contributed by atoms with Crippen LogP contribution in [0.5, 0.6) is 0 Å². The lowest BCUT2D eigenvalue weighted by molar-refractivity contribution is 0.0695. The lowest BCUT2D eigenvalue weighted by atomic mass is 9.91. The fraction of sp³-hybridized carbons (Fsp3) is 0.333. The molecule has 86 valence electrons. The lowest BCUT2D eigenvalue weighted by Crippen LogP contribution is -2.21. The summed E-state index contributed by atoms with van der Waals surface area (Å²) in [5.74, 6) is -1.28. The Balaban J connectivity index is 3.44. The maximum Gasteiger partial charge on any atom is 0.335 e. The van der Waals surface area contributed by atoms with Gasteiger partial charge in [-0.2, -0.15) is 0 Å². The SMILES string of the molecule is CNC(=O)c1cccc(C(=O)O)c1C(C)C. The Morgan fingerprint density at radius 3 is 2.25 bits per heavy atom. The van der Waals surface area contributed by atoms with Crippen molar-refractivity contribution in [2.75, 3.05) is 7.05 Å². The van der Waals surface area contributed by atoms with Crippen molar-refractivity contribution in [3.05, 3.63) is 34.9 Å². The average molecular weight is 221 g/mol. The summed E-state index contributed by atoms with van der Waals surface area (Å²) in [4.78, 5) is 22.7. The molecule has 0 aliphatic carbocycles. The van der Waals surface area contributed by atoms with Crippen LogP contribution in [0, 0.1) is 0 Å². The predicted octanol–water partition coefficient (Wildman–Crippen LogP) is 1.87. The van der Waals surface area contributed by atoms with Gasteiger partial charge in [0, 0.05) is 12.6 Å². The van der Waals surface area contributed by atoms with E-state index in [0.29, 0.717) is 11.1 Å². The number of hydrogen-bond donors (Lipinski definition) is 2. The number of carbonyl (C=O) groups is 2. The van der Waals surface area contributed by atoms with Gasteiger partial charge in [-0.15, -0.1) is 0 Å². The van der Waals surface area contributed by atoms with Crippen LogP contribution in [0.3, 0.4) is 0 Å². The normalized spacial score (nSPS) is 10.2. The highest BCUT2D eigenvalue weighted by Gasteiger charge is 2.19. The van der Waals surface area contributed by atoms with Crippen molar-refractivity contribution in [1.82, 2.24) is 5.32 Å². The molecule has 0 fully saturated rings. The molecule has 1 rings (SSSR count). The van der Waals surface area contributed by atoms with E-state index in [9.17, 15) is 9.59 Å². The maximum absolute atomic E-state index is 11.6. The Morgan fingerprint density at radius 2 is 1.81 bits per heavy atom. The van der Waals surface area contributed by atoms with Crippen molar-refractivity contribution in [3.8, 4) is 0 Å². The fourth-order valence-corrected chi connectivity index (χ4v) is 1.71. The fourth-order valence-electron chi connectivity index (χ4n) is 1.71. The number of rotatable bonds is 3. The minimum Gasteiger partial charge on any atom is -0.478 e. The van der Waals surface area contributed by atoms with Gasteiger partial charge in [0.15, 0.2) is 0 Å². The lowest BCUT2D eigenvalue weighted by Gasteiger charge is -2.14. The molecule has 0 saturated carbocycles. The van der Waals surface area contributed by atoms with Crippen molar-refractivity contribution in [2.45, 2.75) is 19.8 Å². The molecule has 2 N–H and O–H groups in total. The zero-order valence-electron chi connectivity index (χ0n) is 9.57. The Kier molecular flexibility index (Phi) is 3.66. The van der Waals surface area contributed by atoms with Crippen molar-refractivity contribution in [3.63, 3.8) is 0 Å². The number of benzene rings is 1. The smallest absolute Gasteiger partial charge is 0.335 e. The van der Waals surface area contributed by atoms with Crippen molar-refractivity contribution < 1.29 is 14.7 Å². The Bertz CT molecular complexity index is 424. The number of carbonyl (C=O) groups excluding carboxylic acids is 1. The summed E-state index contributed by atoms with van der Waals surface area (Å²) in [6.45, 7) is 3.74. The zero-order valence-corrected chi connectivity index (χ0v) is 9.57. The Labute approximate surface area is 94.3 Å². The van der Waals surface area contributed by atoms with E-state index in [1.807, 2.05) is 13.8 Å². The van der Waals surface area contributed by atoms with Gasteiger partial charge < -0.3 is 10.4 Å². The van der Waals surface area contributed by atoms with Crippen LogP contribution in [0.25, 0.3) is 0 Å². The van der Waals surface area contributed by atoms with E-state index in [1.54, 1.807) is 12.1 Å². The quantitative estimate of drug-likeness (QED) is 0.818. The molecule has 0 aliphatic heterocycles. The van der Waals surface area contributed by atoms with Crippen LogP contribution in [0.4, 0.5) is 0 Å². The summed E-state index contributed by atoms with van der Waals surface area (Å²) >= 11 is 0. The molecule has 4 nitrogen and oxygen atoms in total. The molecule has 0 aromatic heterocycles. The first-order valence-electron chi connectivity index (χ1n) is 5.07. The molecule has 0 atom stereocenters. The van der Waals surface area contributed by atoms with Gasteiger partial charge in [0.25, 0.3) is 5.91 Å². The second-order valence-electron chi connectivity index (χ2n) is 3.81. The second kappa shape index (κ2) is 4.79. The van der Waals surface area contributed by atoms with Crippen LogP contribution in [0.2, 0.25) is 0 Å². The van der Waals surface area contributed by atoms with Gasteiger partial charge in [-0.25, -0.2) is 4.79 Å². The van der Waals surface area contributed by atoms with Crippen LogP contribution >= 0.6 is 0 Å². The molecule has 0 radical (unpaired) electrons. The molecule has 0 aliphatic rings. The van der Waals surface area contributed by atoms with Gasteiger partial charge in [-0.05, 0) is 23.6 Å².